The average molecular weight is 511 g/mol. The maximum Gasteiger partial charge on any atom is 0.439 e. The van der Waals surface area contributed by atoms with Crippen LogP contribution in [-0.4, -0.2) is 43.6 Å². The summed E-state index contributed by atoms with van der Waals surface area (Å²) in [7, 11) is -3.68. The molecule has 6 nitrogen and oxygen atoms in total. The average Bonchev–Trinajstić information content (AvgIpc) is 3.06. The predicted molar refractivity (Wildman–Crippen MR) is 110 cm³/mol. The number of hydrogen-bond donors (Lipinski definition) is 2. The summed E-state index contributed by atoms with van der Waals surface area (Å²) < 4.78 is 107. The Morgan fingerprint density at radius 3 is 2.18 bits per heavy atom. The molecule has 3 aromatic rings. The summed E-state index contributed by atoms with van der Waals surface area (Å²) in [6.07, 6.45) is -11.2. The van der Waals surface area contributed by atoms with Crippen LogP contribution in [-0.2, 0) is 9.84 Å². The molecule has 1 aromatic heterocycles. The third kappa shape index (κ3) is 4.90. The number of rotatable bonds is 5. The molecular formula is C19H15F6N3O3S2. The smallest absolute Gasteiger partial charge is 0.324 e. The number of anilines is 1. The first-order valence-corrected chi connectivity index (χ1v) is 11.7. The van der Waals surface area contributed by atoms with Gasteiger partial charge < -0.3 is 10.6 Å². The number of aryl methyl sites for hydroxylation is 1. The van der Waals surface area contributed by atoms with Crippen LogP contribution < -0.4 is 10.6 Å². The quantitative estimate of drug-likeness (QED) is 0.384. The SMILES string of the molecule is Cc1cccc(C(=O)NC(Nc2nc3ccc(S(C)(=O)=O)cc3s2)(C(F)(F)F)C(F)(F)F)c1. The lowest BCUT2D eigenvalue weighted by Gasteiger charge is -2.38. The Hall–Kier alpha value is -2.87. The minimum atomic E-state index is -6.03. The molecule has 14 heteroatoms. The number of hydrogen-bond acceptors (Lipinski definition) is 6. The minimum Gasteiger partial charge on any atom is -0.324 e. The molecule has 33 heavy (non-hydrogen) atoms. The van der Waals surface area contributed by atoms with E-state index in [1.165, 1.54) is 24.4 Å². The van der Waals surface area contributed by atoms with Crippen LogP contribution in [0.25, 0.3) is 10.2 Å². The lowest BCUT2D eigenvalue weighted by molar-refractivity contribution is -0.294. The van der Waals surface area contributed by atoms with E-state index in [9.17, 15) is 39.6 Å². The molecule has 0 spiro atoms. The Morgan fingerprint density at radius 1 is 1.00 bits per heavy atom. The summed E-state index contributed by atoms with van der Waals surface area (Å²) in [5.41, 5.74) is -4.85. The van der Waals surface area contributed by atoms with E-state index in [-0.39, 0.29) is 15.1 Å². The van der Waals surface area contributed by atoms with E-state index >= 15 is 0 Å². The van der Waals surface area contributed by atoms with Gasteiger partial charge >= 0.3 is 18.0 Å². The van der Waals surface area contributed by atoms with Crippen LogP contribution in [0.5, 0.6) is 0 Å². The van der Waals surface area contributed by atoms with Gasteiger partial charge in [-0.05, 0) is 37.3 Å². The summed E-state index contributed by atoms with van der Waals surface area (Å²) in [5.74, 6) is -1.61. The first-order chi connectivity index (χ1) is 15.0. The zero-order valence-corrected chi connectivity index (χ0v) is 18.4. The number of carbonyl (C=O) groups is 1. The van der Waals surface area contributed by atoms with Gasteiger partial charge in [0.1, 0.15) is 0 Å². The topological polar surface area (TPSA) is 88.2 Å². The Labute approximate surface area is 187 Å². The van der Waals surface area contributed by atoms with E-state index in [1.54, 1.807) is 0 Å². The van der Waals surface area contributed by atoms with Gasteiger partial charge in [0.05, 0.1) is 15.1 Å². The van der Waals surface area contributed by atoms with E-state index in [0.29, 0.717) is 16.9 Å². The number of sulfone groups is 1. The van der Waals surface area contributed by atoms with E-state index in [0.717, 1.165) is 41.9 Å². The number of carbonyl (C=O) groups excluding carboxylic acids is 1. The van der Waals surface area contributed by atoms with Crippen molar-refractivity contribution in [2.75, 3.05) is 11.6 Å². The molecule has 0 unspecified atom stereocenters. The number of benzene rings is 2. The van der Waals surface area contributed by atoms with Gasteiger partial charge in [0.25, 0.3) is 5.91 Å². The molecule has 1 amide bonds. The van der Waals surface area contributed by atoms with Gasteiger partial charge in [-0.1, -0.05) is 29.0 Å². The fourth-order valence-corrected chi connectivity index (χ4v) is 4.54. The summed E-state index contributed by atoms with van der Waals surface area (Å²) in [6, 6.07) is 8.40. The third-order valence-corrected chi connectivity index (χ3v) is 6.56. The lowest BCUT2D eigenvalue weighted by atomic mass is 10.1. The van der Waals surface area contributed by atoms with Gasteiger partial charge in [0, 0.05) is 11.8 Å². The number of aromatic nitrogens is 1. The molecule has 0 aliphatic carbocycles. The van der Waals surface area contributed by atoms with Crippen LogP contribution in [0.1, 0.15) is 15.9 Å². The molecule has 0 atom stereocenters. The van der Waals surface area contributed by atoms with Crippen molar-refractivity contribution in [2.45, 2.75) is 29.8 Å². The summed E-state index contributed by atoms with van der Waals surface area (Å²) in [5, 5.41) is 1.54. The van der Waals surface area contributed by atoms with Crippen molar-refractivity contribution < 1.29 is 39.6 Å². The Balaban J connectivity index is 2.09. The number of thiazole rings is 1. The largest absolute Gasteiger partial charge is 0.439 e. The zero-order chi connectivity index (χ0) is 24.8. The summed E-state index contributed by atoms with van der Waals surface area (Å²) in [4.78, 5) is 15.9. The fraction of sp³-hybridized carbons (Fsp3) is 0.263. The minimum absolute atomic E-state index is 0.0295. The molecule has 0 bridgehead atoms. The number of nitrogens with one attached hydrogen (secondary N) is 2. The molecule has 1 heterocycles. The monoisotopic (exact) mass is 511 g/mol. The van der Waals surface area contributed by atoms with Crippen molar-refractivity contribution in [3.63, 3.8) is 0 Å². The molecule has 0 radical (unpaired) electrons. The van der Waals surface area contributed by atoms with Gasteiger partial charge in [0.2, 0.25) is 0 Å². The number of amides is 1. The van der Waals surface area contributed by atoms with Crippen LogP contribution in [0.3, 0.4) is 0 Å². The fourth-order valence-electron chi connectivity index (χ4n) is 2.85. The highest BCUT2D eigenvalue weighted by Crippen LogP contribution is 2.44. The Kier molecular flexibility index (Phi) is 6.13. The zero-order valence-electron chi connectivity index (χ0n) is 16.8. The maximum absolute atomic E-state index is 13.9. The normalized spacial score (nSPS) is 13.2. The van der Waals surface area contributed by atoms with Crippen LogP contribution in [0, 0.1) is 6.92 Å². The molecule has 0 aliphatic heterocycles. The van der Waals surface area contributed by atoms with Crippen molar-refractivity contribution in [2.24, 2.45) is 0 Å². The van der Waals surface area contributed by atoms with Gasteiger partial charge in [-0.25, -0.2) is 13.4 Å². The van der Waals surface area contributed by atoms with Crippen molar-refractivity contribution in [3.05, 3.63) is 53.6 Å². The van der Waals surface area contributed by atoms with Gasteiger partial charge in [-0.2, -0.15) is 26.3 Å². The van der Waals surface area contributed by atoms with Crippen LogP contribution >= 0.6 is 11.3 Å². The molecular weight excluding hydrogens is 496 g/mol. The van der Waals surface area contributed by atoms with Gasteiger partial charge in [-0.15, -0.1) is 0 Å². The van der Waals surface area contributed by atoms with Crippen molar-refractivity contribution in [1.82, 2.24) is 10.3 Å². The molecule has 0 saturated heterocycles. The molecule has 0 fully saturated rings. The van der Waals surface area contributed by atoms with Crippen molar-refractivity contribution in [1.29, 1.82) is 0 Å². The molecule has 0 aliphatic rings. The second-order valence-electron chi connectivity index (χ2n) is 7.11. The van der Waals surface area contributed by atoms with E-state index in [2.05, 4.69) is 4.98 Å². The Bertz CT molecular complexity index is 1300. The number of alkyl halides is 6. The van der Waals surface area contributed by atoms with E-state index < -0.39 is 44.5 Å². The lowest BCUT2D eigenvalue weighted by Crippen LogP contribution is -2.72. The number of halogens is 6. The maximum atomic E-state index is 13.9. The van der Waals surface area contributed by atoms with Gasteiger partial charge in [-0.3, -0.25) is 4.79 Å². The molecule has 178 valence electrons. The second kappa shape index (κ2) is 8.17. The highest BCUT2D eigenvalue weighted by Gasteiger charge is 2.73. The second-order valence-corrected chi connectivity index (χ2v) is 10.2. The van der Waals surface area contributed by atoms with Crippen molar-refractivity contribution in [3.8, 4) is 0 Å². The van der Waals surface area contributed by atoms with Crippen LogP contribution in [0.4, 0.5) is 31.5 Å². The van der Waals surface area contributed by atoms with Gasteiger partial charge in [0.15, 0.2) is 15.0 Å². The molecule has 2 N–H and O–H groups in total. The highest BCUT2D eigenvalue weighted by molar-refractivity contribution is 7.90. The molecule has 2 aromatic carbocycles. The van der Waals surface area contributed by atoms with E-state index in [4.69, 9.17) is 0 Å². The third-order valence-electron chi connectivity index (χ3n) is 4.51. The Morgan fingerprint density at radius 2 is 1.64 bits per heavy atom. The van der Waals surface area contributed by atoms with Crippen molar-refractivity contribution >= 4 is 42.4 Å². The number of nitrogens with zero attached hydrogens (tertiary/aromatic N) is 1. The standard InChI is InChI=1S/C19H15F6N3O3S2/c1-10-4-3-5-11(8-10)15(29)27-17(18(20,21)22,19(23,24)25)28-16-26-13-7-6-12(33(2,30)31)9-14(13)32-16/h3-9H,1-2H3,(H,26,28)(H,27,29). The van der Waals surface area contributed by atoms with Crippen LogP contribution in [0.2, 0.25) is 0 Å². The summed E-state index contributed by atoms with van der Waals surface area (Å²) >= 11 is 0.374. The predicted octanol–water partition coefficient (Wildman–Crippen LogP) is 4.67. The summed E-state index contributed by atoms with van der Waals surface area (Å²) in [6.45, 7) is 1.52. The first-order valence-electron chi connectivity index (χ1n) is 8.95. The first kappa shape index (κ1) is 24.8. The molecule has 0 saturated carbocycles. The van der Waals surface area contributed by atoms with Crippen LogP contribution in [0.15, 0.2) is 47.4 Å². The molecule has 3 rings (SSSR count). The number of fused-ring (bicyclic) bond motifs is 1. The highest BCUT2D eigenvalue weighted by atomic mass is 32.2. The van der Waals surface area contributed by atoms with E-state index in [1.807, 2.05) is 0 Å².